The predicted octanol–water partition coefficient (Wildman–Crippen LogP) is 1.26. The van der Waals surface area contributed by atoms with Gasteiger partial charge in [0.25, 0.3) is 5.69 Å². The van der Waals surface area contributed by atoms with Crippen molar-refractivity contribution in [1.29, 1.82) is 0 Å². The highest BCUT2D eigenvalue weighted by Crippen LogP contribution is 2.24. The number of sulfonamides is 1. The molecular weight excluding hydrogens is 258 g/mol. The van der Waals surface area contributed by atoms with Crippen molar-refractivity contribution in [2.24, 2.45) is 0 Å². The molecule has 0 spiro atoms. The summed E-state index contributed by atoms with van der Waals surface area (Å²) in [6.07, 6.45) is 1.59. The third-order valence-electron chi connectivity index (χ3n) is 2.33. The zero-order chi connectivity index (χ0) is 13.8. The van der Waals surface area contributed by atoms with E-state index in [0.717, 1.165) is 25.0 Å². The first-order chi connectivity index (χ1) is 8.38. The van der Waals surface area contributed by atoms with Crippen molar-refractivity contribution in [2.75, 3.05) is 12.3 Å². The molecule has 0 saturated carbocycles. The van der Waals surface area contributed by atoms with Gasteiger partial charge < -0.3 is 5.73 Å². The van der Waals surface area contributed by atoms with Gasteiger partial charge in [0.1, 0.15) is 5.69 Å². The molecule has 1 rings (SSSR count). The lowest BCUT2D eigenvalue weighted by atomic mass is 10.3. The van der Waals surface area contributed by atoms with Crippen LogP contribution in [0.25, 0.3) is 0 Å². The largest absolute Gasteiger partial charge is 0.393 e. The molecule has 0 atom stereocenters. The molecule has 0 amide bonds. The maximum Gasteiger partial charge on any atom is 0.292 e. The minimum absolute atomic E-state index is 0.0679. The Kier molecular flexibility index (Phi) is 4.62. The van der Waals surface area contributed by atoms with Gasteiger partial charge in [0.05, 0.1) is 9.82 Å². The third kappa shape index (κ3) is 3.41. The van der Waals surface area contributed by atoms with Crippen LogP contribution in [0, 0.1) is 10.1 Å². The lowest BCUT2D eigenvalue weighted by Crippen LogP contribution is -2.24. The second-order valence-electron chi connectivity index (χ2n) is 3.73. The molecular formula is C10H15N3O4S. The molecule has 0 unspecified atom stereocenters. The normalized spacial score (nSPS) is 11.4. The number of nitrogens with two attached hydrogens (primary N) is 1. The maximum absolute atomic E-state index is 11.8. The highest BCUT2D eigenvalue weighted by molar-refractivity contribution is 7.89. The van der Waals surface area contributed by atoms with Gasteiger partial charge in [-0.3, -0.25) is 10.1 Å². The van der Waals surface area contributed by atoms with E-state index < -0.39 is 14.9 Å². The summed E-state index contributed by atoms with van der Waals surface area (Å²) in [5.41, 5.74) is 4.97. The molecule has 7 nitrogen and oxygen atoms in total. The Labute approximate surface area is 105 Å². The number of nitrogens with zero attached hydrogens (tertiary/aromatic N) is 1. The van der Waals surface area contributed by atoms with Crippen molar-refractivity contribution in [2.45, 2.75) is 24.7 Å². The fourth-order valence-corrected chi connectivity index (χ4v) is 2.44. The number of unbranched alkanes of at least 4 members (excludes halogenated alkanes) is 1. The molecule has 8 heteroatoms. The number of anilines is 1. The second-order valence-corrected chi connectivity index (χ2v) is 5.50. The van der Waals surface area contributed by atoms with E-state index in [-0.39, 0.29) is 16.3 Å². The Hall–Kier alpha value is -1.67. The van der Waals surface area contributed by atoms with E-state index in [2.05, 4.69) is 4.72 Å². The summed E-state index contributed by atoms with van der Waals surface area (Å²) < 4.78 is 26.0. The van der Waals surface area contributed by atoms with Gasteiger partial charge in [-0.15, -0.1) is 0 Å². The highest BCUT2D eigenvalue weighted by Gasteiger charge is 2.18. The first-order valence-corrected chi connectivity index (χ1v) is 6.90. The summed E-state index contributed by atoms with van der Waals surface area (Å²) in [5, 5.41) is 10.6. The maximum atomic E-state index is 11.8. The molecule has 3 N–H and O–H groups in total. The lowest BCUT2D eigenvalue weighted by Gasteiger charge is -2.06. The Morgan fingerprint density at radius 2 is 2.11 bits per heavy atom. The van der Waals surface area contributed by atoms with Crippen LogP contribution in [-0.4, -0.2) is 19.9 Å². The minimum atomic E-state index is -3.65. The van der Waals surface area contributed by atoms with Crippen LogP contribution >= 0.6 is 0 Å². The van der Waals surface area contributed by atoms with Gasteiger partial charge >= 0.3 is 0 Å². The molecule has 1 aromatic carbocycles. The van der Waals surface area contributed by atoms with E-state index in [1.807, 2.05) is 6.92 Å². The molecule has 0 aromatic heterocycles. The first kappa shape index (κ1) is 14.4. The molecule has 1 aromatic rings. The van der Waals surface area contributed by atoms with Crippen molar-refractivity contribution >= 4 is 21.4 Å². The zero-order valence-electron chi connectivity index (χ0n) is 9.92. The summed E-state index contributed by atoms with van der Waals surface area (Å²) in [6.45, 7) is 2.27. The smallest absolute Gasteiger partial charge is 0.292 e. The van der Waals surface area contributed by atoms with Crippen LogP contribution in [0.2, 0.25) is 0 Å². The molecule has 0 heterocycles. The Morgan fingerprint density at radius 1 is 1.44 bits per heavy atom. The lowest BCUT2D eigenvalue weighted by molar-refractivity contribution is -0.383. The summed E-state index contributed by atoms with van der Waals surface area (Å²) in [5.74, 6) is 0. The van der Waals surface area contributed by atoms with E-state index in [0.29, 0.717) is 6.54 Å². The van der Waals surface area contributed by atoms with Crippen LogP contribution in [0.4, 0.5) is 11.4 Å². The zero-order valence-corrected chi connectivity index (χ0v) is 10.7. The van der Waals surface area contributed by atoms with E-state index in [1.165, 1.54) is 6.07 Å². The first-order valence-electron chi connectivity index (χ1n) is 5.42. The van der Waals surface area contributed by atoms with E-state index >= 15 is 0 Å². The van der Waals surface area contributed by atoms with Gasteiger partial charge in [-0.1, -0.05) is 13.3 Å². The number of nitrogen functional groups attached to an aromatic ring is 1. The van der Waals surface area contributed by atoms with Crippen LogP contribution in [0.5, 0.6) is 0 Å². The van der Waals surface area contributed by atoms with Crippen molar-refractivity contribution in [3.63, 3.8) is 0 Å². The SMILES string of the molecule is CCCCNS(=O)(=O)c1ccc([N+](=O)[O-])c(N)c1. The van der Waals surface area contributed by atoms with Crippen molar-refractivity contribution in [3.05, 3.63) is 28.3 Å². The number of hydrogen-bond donors (Lipinski definition) is 2. The molecule has 0 saturated heterocycles. The Morgan fingerprint density at radius 3 is 2.61 bits per heavy atom. The Bertz CT molecular complexity index is 542. The standard InChI is InChI=1S/C10H15N3O4S/c1-2-3-6-12-18(16,17)8-4-5-10(13(14)15)9(11)7-8/h4-5,7,12H,2-3,6,11H2,1H3. The number of rotatable bonds is 6. The van der Waals surface area contributed by atoms with E-state index in [1.54, 1.807) is 0 Å². The van der Waals surface area contributed by atoms with Crippen LogP contribution in [-0.2, 0) is 10.0 Å². The number of hydrogen-bond acceptors (Lipinski definition) is 5. The molecule has 0 aliphatic carbocycles. The van der Waals surface area contributed by atoms with Gasteiger partial charge in [0.15, 0.2) is 0 Å². The van der Waals surface area contributed by atoms with Crippen molar-refractivity contribution in [3.8, 4) is 0 Å². The average molecular weight is 273 g/mol. The second kappa shape index (κ2) is 5.78. The highest BCUT2D eigenvalue weighted by atomic mass is 32.2. The number of benzene rings is 1. The molecule has 18 heavy (non-hydrogen) atoms. The van der Waals surface area contributed by atoms with Gasteiger partial charge in [-0.25, -0.2) is 13.1 Å². The summed E-state index contributed by atoms with van der Waals surface area (Å²) in [6, 6.07) is 3.35. The summed E-state index contributed by atoms with van der Waals surface area (Å²) in [4.78, 5) is 9.83. The molecule has 0 aliphatic heterocycles. The topological polar surface area (TPSA) is 115 Å². The van der Waals surface area contributed by atoms with Gasteiger partial charge in [0.2, 0.25) is 10.0 Å². The number of nitrogens with one attached hydrogen (secondary N) is 1. The van der Waals surface area contributed by atoms with Crippen LogP contribution in [0.3, 0.4) is 0 Å². The fraction of sp³-hybridized carbons (Fsp3) is 0.400. The van der Waals surface area contributed by atoms with Crippen LogP contribution in [0.15, 0.2) is 23.1 Å². The molecule has 100 valence electrons. The van der Waals surface area contributed by atoms with Crippen molar-refractivity contribution in [1.82, 2.24) is 4.72 Å². The molecule has 0 aliphatic rings. The average Bonchev–Trinajstić information content (AvgIpc) is 2.28. The van der Waals surface area contributed by atoms with Crippen LogP contribution in [0.1, 0.15) is 19.8 Å². The van der Waals surface area contributed by atoms with Gasteiger partial charge in [-0.05, 0) is 18.6 Å². The minimum Gasteiger partial charge on any atom is -0.393 e. The molecule has 0 radical (unpaired) electrons. The quantitative estimate of drug-likeness (QED) is 0.350. The monoisotopic (exact) mass is 273 g/mol. The van der Waals surface area contributed by atoms with E-state index in [4.69, 9.17) is 5.73 Å². The van der Waals surface area contributed by atoms with Gasteiger partial charge in [-0.2, -0.15) is 0 Å². The predicted molar refractivity (Wildman–Crippen MR) is 67.6 cm³/mol. The number of nitro benzene ring substituents is 1. The van der Waals surface area contributed by atoms with E-state index in [9.17, 15) is 18.5 Å². The van der Waals surface area contributed by atoms with Crippen molar-refractivity contribution < 1.29 is 13.3 Å². The Balaban J connectivity index is 2.97. The number of nitro groups is 1. The molecule has 0 fully saturated rings. The van der Waals surface area contributed by atoms with Crippen LogP contribution < -0.4 is 10.5 Å². The summed E-state index contributed by atoms with van der Waals surface area (Å²) in [7, 11) is -3.65. The summed E-state index contributed by atoms with van der Waals surface area (Å²) >= 11 is 0. The fourth-order valence-electron chi connectivity index (χ4n) is 1.33. The van der Waals surface area contributed by atoms with Gasteiger partial charge in [0, 0.05) is 12.6 Å². The third-order valence-corrected chi connectivity index (χ3v) is 3.79. The molecule has 0 bridgehead atoms.